The fourth-order valence-electron chi connectivity index (χ4n) is 1.42. The number of amides is 2. The molecule has 2 aromatic rings. The Balaban J connectivity index is 1.88. The first-order valence-corrected chi connectivity index (χ1v) is 6.33. The second-order valence-corrected chi connectivity index (χ2v) is 4.38. The summed E-state index contributed by atoms with van der Waals surface area (Å²) in [6.07, 6.45) is 4.59. The van der Waals surface area contributed by atoms with E-state index in [1.807, 2.05) is 0 Å². The van der Waals surface area contributed by atoms with Gasteiger partial charge < -0.3 is 5.32 Å². The molecule has 0 aliphatic heterocycles. The number of aromatic nitrogens is 1. The molecule has 0 unspecified atom stereocenters. The molecule has 1 heterocycles. The van der Waals surface area contributed by atoms with Crippen molar-refractivity contribution in [3.05, 3.63) is 59.4 Å². The van der Waals surface area contributed by atoms with E-state index in [1.165, 1.54) is 12.3 Å². The van der Waals surface area contributed by atoms with Crippen LogP contribution in [0.2, 0.25) is 5.02 Å². The number of pyridine rings is 1. The van der Waals surface area contributed by atoms with Crippen LogP contribution < -0.4 is 10.7 Å². The van der Waals surface area contributed by atoms with Crippen LogP contribution in [0.15, 0.2) is 53.9 Å². The Morgan fingerprint density at radius 3 is 2.62 bits per heavy atom. The molecule has 0 aliphatic carbocycles. The van der Waals surface area contributed by atoms with E-state index < -0.39 is 11.8 Å². The molecule has 21 heavy (non-hydrogen) atoms. The molecular formula is C14H11ClN4O2. The van der Waals surface area contributed by atoms with Gasteiger partial charge in [-0.2, -0.15) is 5.10 Å². The average Bonchev–Trinajstić information content (AvgIpc) is 2.48. The first kappa shape index (κ1) is 14.7. The Morgan fingerprint density at radius 1 is 1.14 bits per heavy atom. The maximum Gasteiger partial charge on any atom is 0.329 e. The van der Waals surface area contributed by atoms with Crippen molar-refractivity contribution >= 4 is 35.3 Å². The van der Waals surface area contributed by atoms with Gasteiger partial charge in [0.15, 0.2) is 0 Å². The molecule has 0 saturated carbocycles. The van der Waals surface area contributed by atoms with E-state index in [1.54, 1.807) is 42.7 Å². The third-order valence-corrected chi connectivity index (χ3v) is 2.61. The SMILES string of the molecule is O=C(N/N=C\c1ccncc1)C(=O)Nc1cccc(Cl)c1. The highest BCUT2D eigenvalue weighted by Crippen LogP contribution is 2.14. The predicted octanol–water partition coefficient (Wildman–Crippen LogP) is 1.82. The highest BCUT2D eigenvalue weighted by atomic mass is 35.5. The number of nitrogens with one attached hydrogen (secondary N) is 2. The van der Waals surface area contributed by atoms with Crippen LogP contribution in [0.25, 0.3) is 0 Å². The van der Waals surface area contributed by atoms with Crippen molar-refractivity contribution < 1.29 is 9.59 Å². The molecule has 2 rings (SSSR count). The maximum atomic E-state index is 11.6. The van der Waals surface area contributed by atoms with Crippen molar-refractivity contribution in [1.29, 1.82) is 0 Å². The van der Waals surface area contributed by atoms with Gasteiger partial charge in [0.25, 0.3) is 0 Å². The number of hydrogen-bond acceptors (Lipinski definition) is 4. The molecule has 1 aromatic heterocycles. The van der Waals surface area contributed by atoms with E-state index in [9.17, 15) is 9.59 Å². The topological polar surface area (TPSA) is 83.5 Å². The lowest BCUT2D eigenvalue weighted by Gasteiger charge is -2.03. The Hall–Kier alpha value is -2.73. The third-order valence-electron chi connectivity index (χ3n) is 2.37. The fourth-order valence-corrected chi connectivity index (χ4v) is 1.61. The molecule has 0 spiro atoms. The van der Waals surface area contributed by atoms with Crippen LogP contribution in [0.3, 0.4) is 0 Å². The minimum absolute atomic E-state index is 0.431. The van der Waals surface area contributed by atoms with Crippen LogP contribution in [-0.4, -0.2) is 23.0 Å². The zero-order chi connectivity index (χ0) is 15.1. The molecular weight excluding hydrogens is 292 g/mol. The number of halogens is 1. The van der Waals surface area contributed by atoms with E-state index in [0.717, 1.165) is 5.56 Å². The van der Waals surface area contributed by atoms with Crippen molar-refractivity contribution in [2.75, 3.05) is 5.32 Å². The molecule has 0 saturated heterocycles. The number of hydrogen-bond donors (Lipinski definition) is 2. The quantitative estimate of drug-likeness (QED) is 0.515. The van der Waals surface area contributed by atoms with Gasteiger partial charge >= 0.3 is 11.8 Å². The van der Waals surface area contributed by atoms with E-state index in [-0.39, 0.29) is 0 Å². The van der Waals surface area contributed by atoms with Crippen LogP contribution in [0.4, 0.5) is 5.69 Å². The van der Waals surface area contributed by atoms with E-state index in [0.29, 0.717) is 10.7 Å². The summed E-state index contributed by atoms with van der Waals surface area (Å²) in [5.41, 5.74) is 3.31. The lowest BCUT2D eigenvalue weighted by molar-refractivity contribution is -0.136. The molecule has 0 atom stereocenters. The maximum absolute atomic E-state index is 11.6. The average molecular weight is 303 g/mol. The van der Waals surface area contributed by atoms with Crippen LogP contribution in [-0.2, 0) is 9.59 Å². The fraction of sp³-hybridized carbons (Fsp3) is 0. The highest BCUT2D eigenvalue weighted by Gasteiger charge is 2.12. The largest absolute Gasteiger partial charge is 0.329 e. The number of nitrogens with zero attached hydrogens (tertiary/aromatic N) is 2. The molecule has 0 fully saturated rings. The zero-order valence-corrected chi connectivity index (χ0v) is 11.5. The smallest absolute Gasteiger partial charge is 0.318 e. The van der Waals surface area contributed by atoms with Crippen molar-refractivity contribution in [2.24, 2.45) is 5.10 Å². The summed E-state index contributed by atoms with van der Waals surface area (Å²) in [6, 6.07) is 9.90. The number of carbonyl (C=O) groups is 2. The highest BCUT2D eigenvalue weighted by molar-refractivity contribution is 6.39. The lowest BCUT2D eigenvalue weighted by Crippen LogP contribution is -2.32. The van der Waals surface area contributed by atoms with E-state index in [2.05, 4.69) is 20.8 Å². The summed E-state index contributed by atoms with van der Waals surface area (Å²) >= 11 is 5.78. The van der Waals surface area contributed by atoms with Crippen LogP contribution in [0.1, 0.15) is 5.56 Å². The summed E-state index contributed by atoms with van der Waals surface area (Å²) in [5, 5.41) is 6.56. The zero-order valence-electron chi connectivity index (χ0n) is 10.8. The number of benzene rings is 1. The molecule has 0 radical (unpaired) electrons. The van der Waals surface area contributed by atoms with Gasteiger partial charge in [0.2, 0.25) is 0 Å². The molecule has 7 heteroatoms. The Morgan fingerprint density at radius 2 is 1.90 bits per heavy atom. The van der Waals surface area contributed by atoms with Crippen molar-refractivity contribution in [2.45, 2.75) is 0 Å². The predicted molar refractivity (Wildman–Crippen MR) is 80.1 cm³/mol. The van der Waals surface area contributed by atoms with Crippen molar-refractivity contribution in [1.82, 2.24) is 10.4 Å². The molecule has 1 aromatic carbocycles. The number of carbonyl (C=O) groups excluding carboxylic acids is 2. The minimum Gasteiger partial charge on any atom is -0.318 e. The monoisotopic (exact) mass is 302 g/mol. The summed E-state index contributed by atoms with van der Waals surface area (Å²) in [6.45, 7) is 0. The number of hydrazone groups is 1. The number of anilines is 1. The van der Waals surface area contributed by atoms with E-state index >= 15 is 0 Å². The summed E-state index contributed by atoms with van der Waals surface area (Å²) in [7, 11) is 0. The van der Waals surface area contributed by atoms with Gasteiger partial charge in [-0.1, -0.05) is 17.7 Å². The molecule has 106 valence electrons. The number of rotatable bonds is 3. The van der Waals surface area contributed by atoms with Crippen LogP contribution >= 0.6 is 11.6 Å². The summed E-state index contributed by atoms with van der Waals surface area (Å²) in [4.78, 5) is 27.0. The van der Waals surface area contributed by atoms with Gasteiger partial charge in [0.05, 0.1) is 6.21 Å². The van der Waals surface area contributed by atoms with Gasteiger partial charge in [-0.05, 0) is 35.9 Å². The van der Waals surface area contributed by atoms with Gasteiger partial charge in [-0.15, -0.1) is 0 Å². The summed E-state index contributed by atoms with van der Waals surface area (Å²) < 4.78 is 0. The van der Waals surface area contributed by atoms with Crippen LogP contribution in [0.5, 0.6) is 0 Å². The second-order valence-electron chi connectivity index (χ2n) is 3.94. The van der Waals surface area contributed by atoms with Crippen molar-refractivity contribution in [3.63, 3.8) is 0 Å². The Kier molecular flexibility index (Phi) is 5.00. The Labute approximate surface area is 125 Å². The van der Waals surface area contributed by atoms with E-state index in [4.69, 9.17) is 11.6 Å². The molecule has 2 amide bonds. The lowest BCUT2D eigenvalue weighted by atomic mass is 10.3. The normalized spacial score (nSPS) is 10.3. The van der Waals surface area contributed by atoms with Gasteiger partial charge in [-0.25, -0.2) is 5.43 Å². The minimum atomic E-state index is -0.875. The second kappa shape index (κ2) is 7.16. The van der Waals surface area contributed by atoms with Crippen LogP contribution in [0, 0.1) is 0 Å². The van der Waals surface area contributed by atoms with Gasteiger partial charge in [0.1, 0.15) is 0 Å². The molecule has 0 bridgehead atoms. The first-order valence-electron chi connectivity index (χ1n) is 5.95. The van der Waals surface area contributed by atoms with Gasteiger partial charge in [-0.3, -0.25) is 14.6 Å². The third kappa shape index (κ3) is 4.70. The molecule has 2 N–H and O–H groups in total. The summed E-state index contributed by atoms with van der Waals surface area (Å²) in [5.74, 6) is -1.70. The molecule has 0 aliphatic rings. The molecule has 6 nitrogen and oxygen atoms in total. The van der Waals surface area contributed by atoms with Crippen molar-refractivity contribution in [3.8, 4) is 0 Å². The standard InChI is InChI=1S/C14H11ClN4O2/c15-11-2-1-3-12(8-11)18-13(20)14(21)19-17-9-10-4-6-16-7-5-10/h1-9H,(H,18,20)(H,19,21)/b17-9-. The van der Waals surface area contributed by atoms with Gasteiger partial charge in [0, 0.05) is 23.1 Å². The first-order chi connectivity index (χ1) is 10.1. The Bertz CT molecular complexity index is 674.